The second kappa shape index (κ2) is 8.34. The van der Waals surface area contributed by atoms with Crippen LogP contribution in [-0.2, 0) is 16.0 Å². The minimum atomic E-state index is -0.970. The predicted molar refractivity (Wildman–Crippen MR) is 73.7 cm³/mol. The zero-order valence-electron chi connectivity index (χ0n) is 11.9. The normalized spacial score (nSPS) is 12.0. The molecule has 21 heavy (non-hydrogen) atoms. The molecule has 0 aliphatic rings. The number of carbonyl (C=O) groups is 2. The lowest BCUT2D eigenvalue weighted by Crippen LogP contribution is -2.27. The molecule has 0 aliphatic carbocycles. The Balaban J connectivity index is 2.27. The van der Waals surface area contributed by atoms with E-state index >= 15 is 0 Å². The van der Waals surface area contributed by atoms with E-state index in [1.165, 1.54) is 6.07 Å². The number of carboxylic acids is 1. The third-order valence-electron chi connectivity index (χ3n) is 3.16. The van der Waals surface area contributed by atoms with Gasteiger partial charge in [-0.15, -0.1) is 0 Å². The summed E-state index contributed by atoms with van der Waals surface area (Å²) in [6, 6.07) is 3.36. The van der Waals surface area contributed by atoms with Gasteiger partial charge in [-0.05, 0) is 36.5 Å². The maximum atomic E-state index is 13.0. The van der Waals surface area contributed by atoms with Crippen LogP contribution in [0.3, 0.4) is 0 Å². The summed E-state index contributed by atoms with van der Waals surface area (Å²) in [4.78, 5) is 22.0. The standard InChI is InChI=1S/C15H19F2NO3/c1-10(2-5-15(20)21)6-7-18-14(19)9-11-3-4-12(16)13(17)8-11/h3-4,8,10H,2,5-7,9H2,1H3,(H,18,19)(H,20,21). The largest absolute Gasteiger partial charge is 0.481 e. The molecule has 0 fully saturated rings. The van der Waals surface area contributed by atoms with Crippen LogP contribution in [0.2, 0.25) is 0 Å². The quantitative estimate of drug-likeness (QED) is 0.775. The molecule has 0 saturated heterocycles. The van der Waals surface area contributed by atoms with Crippen molar-refractivity contribution in [1.82, 2.24) is 5.32 Å². The molecule has 0 aromatic heterocycles. The van der Waals surface area contributed by atoms with Gasteiger partial charge in [0.1, 0.15) is 0 Å². The molecular weight excluding hydrogens is 280 g/mol. The Kier molecular flexibility index (Phi) is 6.78. The van der Waals surface area contributed by atoms with E-state index in [4.69, 9.17) is 5.11 Å². The Bertz CT molecular complexity index is 506. The summed E-state index contributed by atoms with van der Waals surface area (Å²) in [7, 11) is 0. The molecule has 1 unspecified atom stereocenters. The summed E-state index contributed by atoms with van der Waals surface area (Å²) in [5.41, 5.74) is 0.408. The van der Waals surface area contributed by atoms with Crippen LogP contribution < -0.4 is 5.32 Å². The first-order chi connectivity index (χ1) is 9.88. The van der Waals surface area contributed by atoms with E-state index in [9.17, 15) is 18.4 Å². The zero-order valence-corrected chi connectivity index (χ0v) is 11.9. The monoisotopic (exact) mass is 299 g/mol. The van der Waals surface area contributed by atoms with Gasteiger partial charge in [-0.1, -0.05) is 13.0 Å². The molecule has 0 spiro atoms. The Morgan fingerprint density at radius 3 is 2.57 bits per heavy atom. The van der Waals surface area contributed by atoms with E-state index in [0.29, 0.717) is 24.9 Å². The molecule has 1 aromatic rings. The molecule has 1 rings (SSSR count). The molecule has 6 heteroatoms. The topological polar surface area (TPSA) is 66.4 Å². The molecular formula is C15H19F2NO3. The third kappa shape index (κ3) is 6.83. The van der Waals surface area contributed by atoms with Gasteiger partial charge in [0.25, 0.3) is 0 Å². The number of amides is 1. The number of rotatable bonds is 8. The van der Waals surface area contributed by atoms with E-state index in [0.717, 1.165) is 12.1 Å². The summed E-state index contributed by atoms with van der Waals surface area (Å²) in [6.07, 6.45) is 1.34. The molecule has 2 N–H and O–H groups in total. The van der Waals surface area contributed by atoms with Gasteiger partial charge in [-0.3, -0.25) is 9.59 Å². The molecule has 1 atom stereocenters. The van der Waals surface area contributed by atoms with Crippen molar-refractivity contribution >= 4 is 11.9 Å². The lowest BCUT2D eigenvalue weighted by atomic mass is 10.0. The van der Waals surface area contributed by atoms with Crippen molar-refractivity contribution in [1.29, 1.82) is 0 Å². The first kappa shape index (κ1) is 17.1. The fraction of sp³-hybridized carbons (Fsp3) is 0.467. The molecule has 0 bridgehead atoms. The Morgan fingerprint density at radius 1 is 1.24 bits per heavy atom. The summed E-state index contributed by atoms with van der Waals surface area (Å²) in [5.74, 6) is -2.81. The van der Waals surface area contributed by atoms with Crippen molar-refractivity contribution < 1.29 is 23.5 Å². The average molecular weight is 299 g/mol. The molecule has 0 heterocycles. The summed E-state index contributed by atoms with van der Waals surface area (Å²) in [5, 5.41) is 11.2. The van der Waals surface area contributed by atoms with Crippen LogP contribution in [0.5, 0.6) is 0 Å². The van der Waals surface area contributed by atoms with Gasteiger partial charge in [0.15, 0.2) is 11.6 Å². The van der Waals surface area contributed by atoms with E-state index in [-0.39, 0.29) is 24.7 Å². The highest BCUT2D eigenvalue weighted by atomic mass is 19.2. The molecule has 116 valence electrons. The number of benzene rings is 1. The van der Waals surface area contributed by atoms with Crippen molar-refractivity contribution in [2.24, 2.45) is 5.92 Å². The van der Waals surface area contributed by atoms with Crippen molar-refractivity contribution in [3.8, 4) is 0 Å². The zero-order chi connectivity index (χ0) is 15.8. The SMILES string of the molecule is CC(CCNC(=O)Cc1ccc(F)c(F)c1)CCC(=O)O. The Morgan fingerprint density at radius 2 is 1.95 bits per heavy atom. The van der Waals surface area contributed by atoms with Gasteiger partial charge in [0, 0.05) is 13.0 Å². The van der Waals surface area contributed by atoms with Crippen LogP contribution >= 0.6 is 0 Å². The maximum absolute atomic E-state index is 13.0. The van der Waals surface area contributed by atoms with Gasteiger partial charge in [-0.2, -0.15) is 0 Å². The molecule has 1 aromatic carbocycles. The first-order valence-corrected chi connectivity index (χ1v) is 6.81. The van der Waals surface area contributed by atoms with E-state index in [2.05, 4.69) is 5.32 Å². The van der Waals surface area contributed by atoms with Crippen LogP contribution in [-0.4, -0.2) is 23.5 Å². The van der Waals surface area contributed by atoms with E-state index in [1.807, 2.05) is 6.92 Å². The lowest BCUT2D eigenvalue weighted by molar-refractivity contribution is -0.137. The van der Waals surface area contributed by atoms with Gasteiger partial charge in [-0.25, -0.2) is 8.78 Å². The van der Waals surface area contributed by atoms with Gasteiger partial charge in [0.2, 0.25) is 5.91 Å². The van der Waals surface area contributed by atoms with Gasteiger partial charge < -0.3 is 10.4 Å². The second-order valence-corrected chi connectivity index (χ2v) is 5.10. The van der Waals surface area contributed by atoms with Crippen LogP contribution in [0.25, 0.3) is 0 Å². The average Bonchev–Trinajstić information content (AvgIpc) is 2.40. The molecule has 1 amide bonds. The van der Waals surface area contributed by atoms with Gasteiger partial charge >= 0.3 is 5.97 Å². The highest BCUT2D eigenvalue weighted by Crippen LogP contribution is 2.10. The maximum Gasteiger partial charge on any atom is 0.303 e. The van der Waals surface area contributed by atoms with E-state index in [1.54, 1.807) is 0 Å². The summed E-state index contributed by atoms with van der Waals surface area (Å²) < 4.78 is 25.7. The highest BCUT2D eigenvalue weighted by Gasteiger charge is 2.09. The number of carboxylic acid groups (broad SMARTS) is 1. The van der Waals surface area contributed by atoms with E-state index < -0.39 is 17.6 Å². The molecule has 0 radical (unpaired) electrons. The smallest absolute Gasteiger partial charge is 0.303 e. The Labute approximate surface area is 122 Å². The van der Waals surface area contributed by atoms with Crippen LogP contribution in [0.1, 0.15) is 31.7 Å². The number of hydrogen-bond donors (Lipinski definition) is 2. The highest BCUT2D eigenvalue weighted by molar-refractivity contribution is 5.78. The fourth-order valence-electron chi connectivity index (χ4n) is 1.87. The van der Waals surface area contributed by atoms with Crippen molar-refractivity contribution in [3.05, 3.63) is 35.4 Å². The first-order valence-electron chi connectivity index (χ1n) is 6.81. The van der Waals surface area contributed by atoms with Crippen LogP contribution in [0, 0.1) is 17.6 Å². The second-order valence-electron chi connectivity index (χ2n) is 5.10. The third-order valence-corrected chi connectivity index (χ3v) is 3.16. The van der Waals surface area contributed by atoms with Crippen molar-refractivity contribution in [2.75, 3.05) is 6.54 Å². The minimum Gasteiger partial charge on any atom is -0.481 e. The summed E-state index contributed by atoms with van der Waals surface area (Å²) in [6.45, 7) is 2.35. The number of halogens is 2. The van der Waals surface area contributed by atoms with Crippen molar-refractivity contribution in [2.45, 2.75) is 32.6 Å². The van der Waals surface area contributed by atoms with Crippen LogP contribution in [0.15, 0.2) is 18.2 Å². The van der Waals surface area contributed by atoms with Crippen LogP contribution in [0.4, 0.5) is 8.78 Å². The number of hydrogen-bond acceptors (Lipinski definition) is 2. The Hall–Kier alpha value is -1.98. The van der Waals surface area contributed by atoms with Crippen molar-refractivity contribution in [3.63, 3.8) is 0 Å². The number of aliphatic carboxylic acids is 1. The number of nitrogens with one attached hydrogen (secondary N) is 1. The fourth-order valence-corrected chi connectivity index (χ4v) is 1.87. The summed E-state index contributed by atoms with van der Waals surface area (Å²) >= 11 is 0. The number of carbonyl (C=O) groups excluding carboxylic acids is 1. The minimum absolute atomic E-state index is 0.0132. The molecule has 0 aliphatic heterocycles. The molecule has 0 saturated carbocycles. The molecule has 4 nitrogen and oxygen atoms in total. The van der Waals surface area contributed by atoms with Gasteiger partial charge in [0.05, 0.1) is 6.42 Å². The lowest BCUT2D eigenvalue weighted by Gasteiger charge is -2.11. The predicted octanol–water partition coefficient (Wildman–Crippen LogP) is 2.51.